The maximum absolute atomic E-state index is 11.8. The summed E-state index contributed by atoms with van der Waals surface area (Å²) in [6.45, 7) is 0.561. The number of hydrogen-bond acceptors (Lipinski definition) is 5. The molecule has 2 N–H and O–H groups in total. The molecule has 3 rings (SSSR count). The summed E-state index contributed by atoms with van der Waals surface area (Å²) < 4.78 is 26.5. The van der Waals surface area contributed by atoms with Gasteiger partial charge in [-0.1, -0.05) is 6.07 Å². The standard InChI is InChI=1S/C13H12BrN3O2S2/c1-21(18,19)10-4-2-3-9-12(10)16-13(15)17(9)7-8-5-6-11(14)20-8/h2-6H,7H2,1H3,(H2,15,16). The fourth-order valence-electron chi connectivity index (χ4n) is 2.20. The highest BCUT2D eigenvalue weighted by Gasteiger charge is 2.17. The minimum Gasteiger partial charge on any atom is -0.369 e. The highest BCUT2D eigenvalue weighted by molar-refractivity contribution is 9.11. The number of nitrogens with zero attached hydrogens (tertiary/aromatic N) is 2. The van der Waals surface area contributed by atoms with Gasteiger partial charge in [0.1, 0.15) is 5.52 Å². The van der Waals surface area contributed by atoms with Gasteiger partial charge in [0.05, 0.1) is 20.7 Å². The van der Waals surface area contributed by atoms with Crippen molar-refractivity contribution in [3.63, 3.8) is 0 Å². The summed E-state index contributed by atoms with van der Waals surface area (Å²) in [7, 11) is -3.34. The van der Waals surface area contributed by atoms with Crippen LogP contribution in [0.5, 0.6) is 0 Å². The number of rotatable bonds is 3. The number of halogens is 1. The lowest BCUT2D eigenvalue weighted by atomic mass is 10.3. The van der Waals surface area contributed by atoms with Crippen LogP contribution in [0, 0.1) is 0 Å². The van der Waals surface area contributed by atoms with E-state index in [-0.39, 0.29) is 4.90 Å². The first kappa shape index (κ1) is 14.6. The molecule has 0 fully saturated rings. The van der Waals surface area contributed by atoms with Crippen molar-refractivity contribution in [1.29, 1.82) is 0 Å². The van der Waals surface area contributed by atoms with Crippen molar-refractivity contribution in [3.8, 4) is 0 Å². The zero-order valence-electron chi connectivity index (χ0n) is 11.1. The molecule has 1 aromatic carbocycles. The van der Waals surface area contributed by atoms with Crippen LogP contribution in [0.2, 0.25) is 0 Å². The Morgan fingerprint density at radius 2 is 2.10 bits per heavy atom. The Kier molecular flexibility index (Phi) is 3.54. The SMILES string of the molecule is CS(=O)(=O)c1cccc2c1nc(N)n2Cc1ccc(Br)s1. The van der Waals surface area contributed by atoms with Gasteiger partial charge >= 0.3 is 0 Å². The molecule has 2 heterocycles. The summed E-state index contributed by atoms with van der Waals surface area (Å²) in [5.74, 6) is 0.311. The van der Waals surface area contributed by atoms with E-state index in [2.05, 4.69) is 20.9 Å². The van der Waals surface area contributed by atoms with Crippen LogP contribution in [0.1, 0.15) is 4.88 Å². The summed E-state index contributed by atoms with van der Waals surface area (Å²) in [5.41, 5.74) is 7.12. The normalized spacial score (nSPS) is 12.1. The van der Waals surface area contributed by atoms with Gasteiger partial charge < -0.3 is 10.3 Å². The molecular weight excluding hydrogens is 374 g/mol. The van der Waals surface area contributed by atoms with E-state index in [1.807, 2.05) is 22.8 Å². The minimum absolute atomic E-state index is 0.206. The van der Waals surface area contributed by atoms with Crippen LogP contribution in [0.4, 0.5) is 5.95 Å². The van der Waals surface area contributed by atoms with Crippen molar-refractivity contribution in [3.05, 3.63) is 39.0 Å². The van der Waals surface area contributed by atoms with Crippen LogP contribution in [0.3, 0.4) is 0 Å². The third-order valence-corrected chi connectivity index (χ3v) is 5.85. The van der Waals surface area contributed by atoms with Gasteiger partial charge in [0.15, 0.2) is 9.84 Å². The third kappa shape index (κ3) is 2.70. The molecule has 8 heteroatoms. The Morgan fingerprint density at radius 3 is 2.71 bits per heavy atom. The first-order valence-electron chi connectivity index (χ1n) is 6.05. The highest BCUT2D eigenvalue weighted by Crippen LogP contribution is 2.28. The van der Waals surface area contributed by atoms with E-state index >= 15 is 0 Å². The third-order valence-electron chi connectivity index (χ3n) is 3.11. The molecule has 0 radical (unpaired) electrons. The lowest BCUT2D eigenvalue weighted by Gasteiger charge is -2.05. The number of fused-ring (bicyclic) bond motifs is 1. The quantitative estimate of drug-likeness (QED) is 0.751. The van der Waals surface area contributed by atoms with Crippen LogP contribution in [-0.2, 0) is 16.4 Å². The van der Waals surface area contributed by atoms with Crippen molar-refractivity contribution in [2.75, 3.05) is 12.0 Å². The molecule has 0 aliphatic heterocycles. The van der Waals surface area contributed by atoms with Crippen LogP contribution in [0.15, 0.2) is 39.0 Å². The van der Waals surface area contributed by atoms with Crippen molar-refractivity contribution >= 4 is 54.1 Å². The monoisotopic (exact) mass is 385 g/mol. The van der Waals surface area contributed by atoms with Crippen molar-refractivity contribution in [1.82, 2.24) is 9.55 Å². The number of nitrogen functional groups attached to an aromatic ring is 1. The van der Waals surface area contributed by atoms with Gasteiger partial charge in [0, 0.05) is 11.1 Å². The molecule has 21 heavy (non-hydrogen) atoms. The van der Waals surface area contributed by atoms with Gasteiger partial charge in [-0.15, -0.1) is 11.3 Å². The molecule has 0 atom stereocenters. The van der Waals surface area contributed by atoms with E-state index in [0.717, 1.165) is 14.2 Å². The molecule has 0 saturated carbocycles. The van der Waals surface area contributed by atoms with Gasteiger partial charge in [0.2, 0.25) is 5.95 Å². The Morgan fingerprint density at radius 1 is 1.33 bits per heavy atom. The number of anilines is 1. The second kappa shape index (κ2) is 5.11. The number of thiophene rings is 1. The molecule has 3 aromatic rings. The number of para-hydroxylation sites is 1. The second-order valence-corrected chi connectivity index (χ2v) is 9.19. The number of hydrogen-bond donors (Lipinski definition) is 1. The Bertz CT molecular complexity index is 928. The maximum atomic E-state index is 11.8. The van der Waals surface area contributed by atoms with Crippen LogP contribution >= 0.6 is 27.3 Å². The molecule has 2 aromatic heterocycles. The zero-order chi connectivity index (χ0) is 15.2. The lowest BCUT2D eigenvalue weighted by molar-refractivity contribution is 0.602. The molecule has 5 nitrogen and oxygen atoms in total. The van der Waals surface area contributed by atoms with E-state index in [0.29, 0.717) is 18.0 Å². The van der Waals surface area contributed by atoms with E-state index in [4.69, 9.17) is 5.73 Å². The number of sulfone groups is 1. The molecule has 0 amide bonds. The number of aromatic nitrogens is 2. The van der Waals surface area contributed by atoms with Crippen molar-refractivity contribution in [2.24, 2.45) is 0 Å². The molecule has 0 bridgehead atoms. The Labute approximate surface area is 134 Å². The molecule has 0 spiro atoms. The summed E-state index contributed by atoms with van der Waals surface area (Å²) in [6, 6.07) is 9.06. The van der Waals surface area contributed by atoms with Gasteiger partial charge in [-0.05, 0) is 40.2 Å². The van der Waals surface area contributed by atoms with E-state index in [1.54, 1.807) is 23.5 Å². The van der Waals surface area contributed by atoms with Crippen LogP contribution in [-0.4, -0.2) is 24.2 Å². The maximum Gasteiger partial charge on any atom is 0.201 e. The van der Waals surface area contributed by atoms with Gasteiger partial charge in [-0.2, -0.15) is 0 Å². The van der Waals surface area contributed by atoms with Crippen molar-refractivity contribution in [2.45, 2.75) is 11.4 Å². The fourth-order valence-corrected chi connectivity index (χ4v) is 4.50. The first-order chi connectivity index (χ1) is 9.86. The van der Waals surface area contributed by atoms with E-state index in [9.17, 15) is 8.42 Å². The predicted octanol–water partition coefficient (Wildman–Crippen LogP) is 2.89. The van der Waals surface area contributed by atoms with Crippen LogP contribution < -0.4 is 5.73 Å². The molecular formula is C13H12BrN3O2S2. The summed E-state index contributed by atoms with van der Waals surface area (Å²) >= 11 is 5.03. The molecule has 0 saturated heterocycles. The highest BCUT2D eigenvalue weighted by atomic mass is 79.9. The Hall–Kier alpha value is -1.38. The molecule has 110 valence electrons. The molecule has 0 aliphatic rings. The molecule has 0 aliphatic carbocycles. The van der Waals surface area contributed by atoms with Crippen molar-refractivity contribution < 1.29 is 8.42 Å². The Balaban J connectivity index is 2.18. The minimum atomic E-state index is -3.34. The van der Waals surface area contributed by atoms with E-state index < -0.39 is 9.84 Å². The predicted molar refractivity (Wildman–Crippen MR) is 88.4 cm³/mol. The smallest absolute Gasteiger partial charge is 0.201 e. The topological polar surface area (TPSA) is 78.0 Å². The second-order valence-electron chi connectivity index (χ2n) is 4.66. The van der Waals surface area contributed by atoms with Gasteiger partial charge in [-0.3, -0.25) is 0 Å². The zero-order valence-corrected chi connectivity index (χ0v) is 14.3. The van der Waals surface area contributed by atoms with E-state index in [1.165, 1.54) is 6.26 Å². The largest absolute Gasteiger partial charge is 0.369 e. The van der Waals surface area contributed by atoms with Crippen LogP contribution in [0.25, 0.3) is 11.0 Å². The summed E-state index contributed by atoms with van der Waals surface area (Å²) in [5, 5.41) is 0. The summed E-state index contributed by atoms with van der Waals surface area (Å²) in [6.07, 6.45) is 1.17. The lowest BCUT2D eigenvalue weighted by Crippen LogP contribution is -2.03. The first-order valence-corrected chi connectivity index (χ1v) is 9.55. The van der Waals surface area contributed by atoms with Gasteiger partial charge in [-0.25, -0.2) is 13.4 Å². The fraction of sp³-hybridized carbons (Fsp3) is 0.154. The number of nitrogens with two attached hydrogens (primary N) is 1. The number of benzene rings is 1. The average Bonchev–Trinajstić information content (AvgIpc) is 2.93. The summed E-state index contributed by atoms with van der Waals surface area (Å²) in [4.78, 5) is 5.55. The average molecular weight is 386 g/mol. The molecule has 0 unspecified atom stereocenters. The van der Waals surface area contributed by atoms with Gasteiger partial charge in [0.25, 0.3) is 0 Å². The number of imidazole rings is 1.